The van der Waals surface area contributed by atoms with Crippen LogP contribution >= 0.6 is 0 Å². The average molecular weight is 183 g/mol. The Bertz CT molecular complexity index is 260. The molecule has 0 saturated carbocycles. The summed E-state index contributed by atoms with van der Waals surface area (Å²) in [5, 5.41) is 9.45. The predicted molar refractivity (Wildman–Crippen MR) is 42.8 cm³/mol. The molecule has 1 amide bonds. The molecule has 1 aliphatic rings. The minimum absolute atomic E-state index is 0.144. The minimum Gasteiger partial charge on any atom is -0.468 e. The monoisotopic (exact) mass is 183 g/mol. The van der Waals surface area contributed by atoms with E-state index in [1.807, 2.05) is 0 Å². The van der Waals surface area contributed by atoms with Gasteiger partial charge in [-0.1, -0.05) is 0 Å². The number of esters is 1. The number of hydrogen-bond donors (Lipinski definition) is 1. The summed E-state index contributed by atoms with van der Waals surface area (Å²) in [6.07, 6.45) is 2.97. The summed E-state index contributed by atoms with van der Waals surface area (Å²) in [7, 11) is 1.25. The summed E-state index contributed by atoms with van der Waals surface area (Å²) in [6.45, 7) is -0.144. The van der Waals surface area contributed by atoms with Gasteiger partial charge in [-0.25, -0.2) is 0 Å². The molecular weight excluding hydrogens is 174 g/mol. The van der Waals surface area contributed by atoms with E-state index in [4.69, 9.17) is 0 Å². The van der Waals surface area contributed by atoms with E-state index in [0.29, 0.717) is 0 Å². The van der Waals surface area contributed by atoms with Crippen LogP contribution in [0.15, 0.2) is 22.5 Å². The van der Waals surface area contributed by atoms with Crippen molar-refractivity contribution in [2.45, 2.75) is 6.04 Å². The standard InChI is InChI=1S/C7H9N3O3/c1-13-6(11)4-8-7(12)5-2-3-9-10-5/h2-3,5H,4H2,1H3,(H,8,12). The molecule has 1 unspecified atom stereocenters. The lowest BCUT2D eigenvalue weighted by Crippen LogP contribution is -2.35. The van der Waals surface area contributed by atoms with E-state index in [1.165, 1.54) is 19.4 Å². The smallest absolute Gasteiger partial charge is 0.325 e. The first kappa shape index (κ1) is 9.37. The van der Waals surface area contributed by atoms with Gasteiger partial charge in [0.25, 0.3) is 5.91 Å². The van der Waals surface area contributed by atoms with Gasteiger partial charge in [-0.2, -0.15) is 10.2 Å². The molecule has 6 nitrogen and oxygen atoms in total. The maximum atomic E-state index is 11.1. The van der Waals surface area contributed by atoms with Crippen molar-refractivity contribution in [2.24, 2.45) is 10.2 Å². The van der Waals surface area contributed by atoms with E-state index in [0.717, 1.165) is 0 Å². The maximum absolute atomic E-state index is 11.1. The van der Waals surface area contributed by atoms with Crippen LogP contribution in [0.4, 0.5) is 0 Å². The zero-order chi connectivity index (χ0) is 9.68. The fourth-order valence-corrected chi connectivity index (χ4v) is 0.745. The summed E-state index contributed by atoms with van der Waals surface area (Å²) >= 11 is 0. The number of rotatable bonds is 3. The lowest BCUT2D eigenvalue weighted by molar-refractivity contribution is -0.141. The Kier molecular flexibility index (Phi) is 3.13. The lowest BCUT2D eigenvalue weighted by atomic mass is 10.3. The number of hydrogen-bond acceptors (Lipinski definition) is 5. The van der Waals surface area contributed by atoms with Gasteiger partial charge in [0.1, 0.15) is 6.54 Å². The SMILES string of the molecule is COC(=O)CNC(=O)C1C=CN=N1. The van der Waals surface area contributed by atoms with Crippen molar-refractivity contribution in [3.63, 3.8) is 0 Å². The number of carbonyl (C=O) groups excluding carboxylic acids is 2. The molecule has 0 bridgehead atoms. The Morgan fingerprint density at radius 3 is 2.92 bits per heavy atom. The van der Waals surface area contributed by atoms with E-state index in [-0.39, 0.29) is 12.5 Å². The zero-order valence-corrected chi connectivity index (χ0v) is 7.06. The van der Waals surface area contributed by atoms with E-state index < -0.39 is 12.0 Å². The van der Waals surface area contributed by atoms with E-state index >= 15 is 0 Å². The first-order valence-corrected chi connectivity index (χ1v) is 3.65. The van der Waals surface area contributed by atoms with Gasteiger partial charge in [0.2, 0.25) is 0 Å². The number of amides is 1. The third-order valence-corrected chi connectivity index (χ3v) is 1.43. The Morgan fingerprint density at radius 2 is 2.38 bits per heavy atom. The van der Waals surface area contributed by atoms with Crippen LogP contribution in [-0.4, -0.2) is 31.6 Å². The Labute approximate surface area is 74.7 Å². The van der Waals surface area contributed by atoms with Crippen LogP contribution in [0, 0.1) is 0 Å². The largest absolute Gasteiger partial charge is 0.468 e. The second-order valence-corrected chi connectivity index (χ2v) is 2.31. The van der Waals surface area contributed by atoms with Gasteiger partial charge in [-0.15, -0.1) is 0 Å². The lowest BCUT2D eigenvalue weighted by Gasteiger charge is -2.04. The summed E-state index contributed by atoms with van der Waals surface area (Å²) in [5.41, 5.74) is 0. The molecule has 1 atom stereocenters. The molecule has 0 fully saturated rings. The topological polar surface area (TPSA) is 80.1 Å². The van der Waals surface area contributed by atoms with Crippen molar-refractivity contribution in [3.05, 3.63) is 12.3 Å². The van der Waals surface area contributed by atoms with Gasteiger partial charge in [-0.3, -0.25) is 9.59 Å². The molecule has 13 heavy (non-hydrogen) atoms. The molecule has 0 aromatic carbocycles. The molecule has 0 aliphatic carbocycles. The molecule has 0 saturated heterocycles. The third-order valence-electron chi connectivity index (χ3n) is 1.43. The number of ether oxygens (including phenoxy) is 1. The summed E-state index contributed by atoms with van der Waals surface area (Å²) in [4.78, 5) is 21.8. The van der Waals surface area contributed by atoms with Gasteiger partial charge in [0, 0.05) is 6.20 Å². The molecule has 6 heteroatoms. The number of azo groups is 1. The molecule has 0 aromatic rings. The highest BCUT2D eigenvalue weighted by molar-refractivity contribution is 5.87. The molecular formula is C7H9N3O3. The normalized spacial score (nSPS) is 18.7. The first-order valence-electron chi connectivity index (χ1n) is 3.65. The molecule has 70 valence electrons. The quantitative estimate of drug-likeness (QED) is 0.606. The highest BCUT2D eigenvalue weighted by Gasteiger charge is 2.17. The number of nitrogens with zero attached hydrogens (tertiary/aromatic N) is 2. The van der Waals surface area contributed by atoms with Crippen LogP contribution in [0.2, 0.25) is 0 Å². The van der Waals surface area contributed by atoms with Gasteiger partial charge in [0.05, 0.1) is 7.11 Å². The fraction of sp³-hybridized carbons (Fsp3) is 0.429. The second-order valence-electron chi connectivity index (χ2n) is 2.31. The highest BCUT2D eigenvalue weighted by atomic mass is 16.5. The van der Waals surface area contributed by atoms with Crippen molar-refractivity contribution >= 4 is 11.9 Å². The average Bonchev–Trinajstić information content (AvgIpc) is 2.66. The van der Waals surface area contributed by atoms with Crippen molar-refractivity contribution < 1.29 is 14.3 Å². The van der Waals surface area contributed by atoms with Crippen LogP contribution in [0.1, 0.15) is 0 Å². The summed E-state index contributed by atoms with van der Waals surface area (Å²) in [6, 6.07) is -0.607. The summed E-state index contributed by atoms with van der Waals surface area (Å²) in [5.74, 6) is -0.852. The van der Waals surface area contributed by atoms with Gasteiger partial charge >= 0.3 is 5.97 Å². The Hall–Kier alpha value is -1.72. The van der Waals surface area contributed by atoms with Gasteiger partial charge in [-0.05, 0) is 6.08 Å². The van der Waals surface area contributed by atoms with Gasteiger partial charge in [0.15, 0.2) is 6.04 Å². The van der Waals surface area contributed by atoms with Gasteiger partial charge < -0.3 is 10.1 Å². The number of nitrogens with one attached hydrogen (secondary N) is 1. The second kappa shape index (κ2) is 4.34. The Morgan fingerprint density at radius 1 is 1.62 bits per heavy atom. The van der Waals surface area contributed by atoms with Crippen molar-refractivity contribution in [1.29, 1.82) is 0 Å². The van der Waals surface area contributed by atoms with E-state index in [2.05, 4.69) is 20.3 Å². The zero-order valence-electron chi connectivity index (χ0n) is 7.06. The highest BCUT2D eigenvalue weighted by Crippen LogP contribution is 2.02. The molecule has 1 N–H and O–H groups in total. The molecule has 0 aromatic heterocycles. The number of carbonyl (C=O) groups is 2. The van der Waals surface area contributed by atoms with Crippen molar-refractivity contribution in [2.75, 3.05) is 13.7 Å². The number of methoxy groups -OCH3 is 1. The predicted octanol–water partition coefficient (Wildman–Crippen LogP) is -0.376. The molecule has 1 aliphatic heterocycles. The van der Waals surface area contributed by atoms with E-state index in [9.17, 15) is 9.59 Å². The summed E-state index contributed by atoms with van der Waals surface area (Å²) < 4.78 is 4.34. The molecule has 1 heterocycles. The van der Waals surface area contributed by atoms with Crippen molar-refractivity contribution in [1.82, 2.24) is 5.32 Å². The molecule has 0 radical (unpaired) electrons. The van der Waals surface area contributed by atoms with Crippen LogP contribution in [0.3, 0.4) is 0 Å². The minimum atomic E-state index is -0.607. The Balaban J connectivity index is 2.29. The first-order chi connectivity index (χ1) is 6.24. The van der Waals surface area contributed by atoms with Crippen LogP contribution in [0.5, 0.6) is 0 Å². The molecule has 1 rings (SSSR count). The third kappa shape index (κ3) is 2.66. The van der Waals surface area contributed by atoms with Crippen LogP contribution in [-0.2, 0) is 14.3 Å². The fourth-order valence-electron chi connectivity index (χ4n) is 0.745. The van der Waals surface area contributed by atoms with E-state index in [1.54, 1.807) is 0 Å². The van der Waals surface area contributed by atoms with Crippen LogP contribution in [0.25, 0.3) is 0 Å². The van der Waals surface area contributed by atoms with Crippen molar-refractivity contribution in [3.8, 4) is 0 Å². The van der Waals surface area contributed by atoms with Crippen LogP contribution < -0.4 is 5.32 Å². The molecule has 0 spiro atoms. The maximum Gasteiger partial charge on any atom is 0.325 e.